The van der Waals surface area contributed by atoms with E-state index in [0.29, 0.717) is 17.3 Å². The second kappa shape index (κ2) is 7.15. The molecule has 0 fully saturated rings. The molecular weight excluding hydrogens is 361 g/mol. The van der Waals surface area contributed by atoms with Gasteiger partial charge in [-0.05, 0) is 24.3 Å². The third-order valence-electron chi connectivity index (χ3n) is 3.05. The first kappa shape index (κ1) is 15.4. The Kier molecular flexibility index (Phi) is 4.77. The fourth-order valence-corrected chi connectivity index (χ4v) is 2.37. The molecule has 0 atom stereocenters. The molecule has 3 aromatic rings. The first-order chi connectivity index (χ1) is 11.2. The highest BCUT2D eigenvalue weighted by molar-refractivity contribution is 9.10. The lowest BCUT2D eigenvalue weighted by atomic mass is 10.2. The van der Waals surface area contributed by atoms with Crippen LogP contribution < -0.4 is 10.6 Å². The van der Waals surface area contributed by atoms with Crippen molar-refractivity contribution < 1.29 is 4.39 Å². The maximum absolute atomic E-state index is 13.6. The van der Waals surface area contributed by atoms with Crippen LogP contribution in [-0.2, 0) is 6.54 Å². The van der Waals surface area contributed by atoms with E-state index in [1.807, 2.05) is 24.3 Å². The number of benzene rings is 2. The van der Waals surface area contributed by atoms with E-state index in [-0.39, 0.29) is 12.4 Å². The lowest BCUT2D eigenvalue weighted by Crippen LogP contribution is -2.07. The van der Waals surface area contributed by atoms with E-state index in [1.54, 1.807) is 18.2 Å². The molecule has 2 N–H and O–H groups in total. The van der Waals surface area contributed by atoms with Crippen molar-refractivity contribution in [3.8, 4) is 0 Å². The summed E-state index contributed by atoms with van der Waals surface area (Å²) in [5.74, 6) is 0.610. The van der Waals surface area contributed by atoms with Crippen molar-refractivity contribution in [2.45, 2.75) is 6.54 Å². The fourth-order valence-electron chi connectivity index (χ4n) is 1.97. The summed E-state index contributed by atoms with van der Waals surface area (Å²) in [7, 11) is 0. The van der Waals surface area contributed by atoms with E-state index in [9.17, 15) is 4.39 Å². The van der Waals surface area contributed by atoms with Crippen LogP contribution in [0, 0.1) is 5.82 Å². The van der Waals surface area contributed by atoms with Gasteiger partial charge in [0.15, 0.2) is 5.82 Å². The first-order valence-corrected chi connectivity index (χ1v) is 7.69. The second-order valence-corrected chi connectivity index (χ2v) is 5.66. The molecular formula is C16H13BrFN5. The topological polar surface area (TPSA) is 62.7 Å². The Morgan fingerprint density at radius 1 is 1.09 bits per heavy atom. The van der Waals surface area contributed by atoms with Gasteiger partial charge >= 0.3 is 0 Å². The zero-order chi connectivity index (χ0) is 16.1. The molecule has 5 nitrogen and oxygen atoms in total. The van der Waals surface area contributed by atoms with Gasteiger partial charge in [0.25, 0.3) is 0 Å². The van der Waals surface area contributed by atoms with Gasteiger partial charge in [-0.1, -0.05) is 40.2 Å². The summed E-state index contributed by atoms with van der Waals surface area (Å²) in [6.07, 6.45) is 1.52. The van der Waals surface area contributed by atoms with E-state index < -0.39 is 0 Å². The van der Waals surface area contributed by atoms with Crippen LogP contribution in [0.3, 0.4) is 0 Å². The van der Waals surface area contributed by atoms with E-state index in [1.165, 1.54) is 12.3 Å². The number of anilines is 3. The van der Waals surface area contributed by atoms with Crippen molar-refractivity contribution in [2.75, 3.05) is 10.6 Å². The molecule has 0 aliphatic rings. The van der Waals surface area contributed by atoms with Crippen LogP contribution >= 0.6 is 15.9 Å². The number of nitrogens with zero attached hydrogens (tertiary/aromatic N) is 3. The number of nitrogens with one attached hydrogen (secondary N) is 2. The normalized spacial score (nSPS) is 10.3. The molecule has 0 aliphatic heterocycles. The van der Waals surface area contributed by atoms with Crippen LogP contribution in [0.25, 0.3) is 0 Å². The molecule has 0 radical (unpaired) electrons. The predicted molar refractivity (Wildman–Crippen MR) is 91.0 cm³/mol. The number of rotatable bonds is 5. The largest absolute Gasteiger partial charge is 0.349 e. The summed E-state index contributed by atoms with van der Waals surface area (Å²) in [6.45, 7) is 0.286. The van der Waals surface area contributed by atoms with Gasteiger partial charge in [0.05, 0.1) is 6.20 Å². The molecule has 7 heteroatoms. The van der Waals surface area contributed by atoms with Crippen LogP contribution in [0.15, 0.2) is 59.2 Å². The molecule has 0 bridgehead atoms. The van der Waals surface area contributed by atoms with Gasteiger partial charge in [-0.15, -0.1) is 5.10 Å². The molecule has 1 aromatic heterocycles. The molecule has 0 unspecified atom stereocenters. The lowest BCUT2D eigenvalue weighted by Gasteiger charge is -2.08. The summed E-state index contributed by atoms with van der Waals surface area (Å²) in [6, 6.07) is 14.3. The van der Waals surface area contributed by atoms with E-state index in [0.717, 1.165) is 10.2 Å². The van der Waals surface area contributed by atoms with Crippen molar-refractivity contribution in [3.05, 3.63) is 70.6 Å². The minimum absolute atomic E-state index is 0.267. The van der Waals surface area contributed by atoms with Crippen LogP contribution in [-0.4, -0.2) is 15.2 Å². The fraction of sp³-hybridized carbons (Fsp3) is 0.0625. The SMILES string of the molecule is Fc1ccccc1CNc1nncc(Nc2cccc(Br)c2)n1. The van der Waals surface area contributed by atoms with E-state index in [4.69, 9.17) is 0 Å². The molecule has 0 spiro atoms. The summed E-state index contributed by atoms with van der Waals surface area (Å²) >= 11 is 3.41. The lowest BCUT2D eigenvalue weighted by molar-refractivity contribution is 0.612. The van der Waals surface area contributed by atoms with Crippen molar-refractivity contribution in [1.29, 1.82) is 0 Å². The average Bonchev–Trinajstić information content (AvgIpc) is 2.54. The molecule has 0 saturated heterocycles. The van der Waals surface area contributed by atoms with Crippen LogP contribution in [0.5, 0.6) is 0 Å². The molecule has 2 aromatic carbocycles. The predicted octanol–water partition coefficient (Wildman–Crippen LogP) is 4.13. The van der Waals surface area contributed by atoms with Crippen molar-refractivity contribution in [1.82, 2.24) is 15.2 Å². The third kappa shape index (κ3) is 4.23. The summed E-state index contributed by atoms with van der Waals surface area (Å²) in [4.78, 5) is 4.31. The Balaban J connectivity index is 1.69. The molecule has 0 saturated carbocycles. The van der Waals surface area contributed by atoms with Gasteiger partial charge in [0.2, 0.25) is 5.95 Å². The number of hydrogen-bond acceptors (Lipinski definition) is 5. The number of aromatic nitrogens is 3. The molecule has 23 heavy (non-hydrogen) atoms. The second-order valence-electron chi connectivity index (χ2n) is 4.75. The summed E-state index contributed by atoms with van der Waals surface area (Å²) < 4.78 is 14.5. The van der Waals surface area contributed by atoms with Gasteiger partial charge in [-0.3, -0.25) is 0 Å². The summed E-state index contributed by atoms with van der Waals surface area (Å²) in [5, 5.41) is 13.9. The summed E-state index contributed by atoms with van der Waals surface area (Å²) in [5.41, 5.74) is 1.42. The standard InChI is InChI=1S/C16H13BrFN5/c17-12-5-3-6-13(8-12)21-15-10-20-23-16(22-15)19-9-11-4-1-2-7-14(11)18/h1-8,10H,9H2,(H2,19,21,22,23). The molecule has 116 valence electrons. The van der Waals surface area contributed by atoms with E-state index >= 15 is 0 Å². The maximum Gasteiger partial charge on any atom is 0.244 e. The van der Waals surface area contributed by atoms with Gasteiger partial charge < -0.3 is 10.6 Å². The Morgan fingerprint density at radius 2 is 1.96 bits per heavy atom. The van der Waals surface area contributed by atoms with Crippen molar-refractivity contribution >= 4 is 33.4 Å². The maximum atomic E-state index is 13.6. The Bertz CT molecular complexity index is 812. The molecule has 1 heterocycles. The van der Waals surface area contributed by atoms with Gasteiger partial charge in [0, 0.05) is 22.3 Å². The highest BCUT2D eigenvalue weighted by Gasteiger charge is 2.04. The Morgan fingerprint density at radius 3 is 2.78 bits per heavy atom. The third-order valence-corrected chi connectivity index (χ3v) is 3.54. The highest BCUT2D eigenvalue weighted by Crippen LogP contribution is 2.19. The minimum Gasteiger partial charge on any atom is -0.349 e. The van der Waals surface area contributed by atoms with Gasteiger partial charge in [0.1, 0.15) is 5.82 Å². The van der Waals surface area contributed by atoms with Gasteiger partial charge in [-0.2, -0.15) is 10.1 Å². The van der Waals surface area contributed by atoms with Crippen LogP contribution in [0.4, 0.5) is 21.8 Å². The molecule has 0 amide bonds. The zero-order valence-corrected chi connectivity index (χ0v) is 13.6. The molecule has 0 aliphatic carbocycles. The quantitative estimate of drug-likeness (QED) is 0.703. The number of hydrogen-bond donors (Lipinski definition) is 2. The minimum atomic E-state index is -0.267. The monoisotopic (exact) mass is 373 g/mol. The zero-order valence-electron chi connectivity index (χ0n) is 12.0. The van der Waals surface area contributed by atoms with Crippen LogP contribution in [0.1, 0.15) is 5.56 Å². The van der Waals surface area contributed by atoms with Gasteiger partial charge in [-0.25, -0.2) is 4.39 Å². The average molecular weight is 374 g/mol. The smallest absolute Gasteiger partial charge is 0.244 e. The van der Waals surface area contributed by atoms with E-state index in [2.05, 4.69) is 41.7 Å². The Labute approximate surface area is 141 Å². The van der Waals surface area contributed by atoms with Crippen molar-refractivity contribution in [3.63, 3.8) is 0 Å². The Hall–Kier alpha value is -2.54. The first-order valence-electron chi connectivity index (χ1n) is 6.90. The number of halogens is 2. The van der Waals surface area contributed by atoms with Crippen molar-refractivity contribution in [2.24, 2.45) is 0 Å². The highest BCUT2D eigenvalue weighted by atomic mass is 79.9. The van der Waals surface area contributed by atoms with Crippen LogP contribution in [0.2, 0.25) is 0 Å². The molecule has 3 rings (SSSR count).